The molecule has 0 aromatic rings. The molecule has 1 amide bonds. The molecule has 0 heterocycles. The first-order valence-corrected chi connectivity index (χ1v) is 37.4. The number of unbranched alkanes of at least 4 members (excludes halogenated alkanes) is 58. The number of aliphatic hydroxyl groups is 2. The summed E-state index contributed by atoms with van der Waals surface area (Å²) in [5.41, 5.74) is 0. The van der Waals surface area contributed by atoms with Crippen molar-refractivity contribution in [2.24, 2.45) is 0 Å². The molecule has 0 aliphatic carbocycles. The number of hydrogen-bond acceptors (Lipinski definition) is 5. The average Bonchev–Trinajstić information content (AvgIpc) is 3.47. The van der Waals surface area contributed by atoms with Crippen LogP contribution in [0, 0.1) is 0 Å². The summed E-state index contributed by atoms with van der Waals surface area (Å²) in [6.45, 7) is 5.01. The fourth-order valence-electron chi connectivity index (χ4n) is 12.1. The van der Waals surface area contributed by atoms with Gasteiger partial charge in [0.05, 0.1) is 25.4 Å². The maximum atomic E-state index is 12.5. The third kappa shape index (κ3) is 67.6. The molecule has 0 aliphatic rings. The second-order valence-electron chi connectivity index (χ2n) is 26.0. The van der Waals surface area contributed by atoms with Gasteiger partial charge in [0, 0.05) is 12.8 Å². The van der Waals surface area contributed by atoms with E-state index < -0.39 is 12.1 Å². The summed E-state index contributed by atoms with van der Waals surface area (Å²) in [6.07, 6.45) is 88.5. The van der Waals surface area contributed by atoms with Gasteiger partial charge in [-0.05, 0) is 51.4 Å². The van der Waals surface area contributed by atoms with Crippen LogP contribution in [0.15, 0.2) is 12.2 Å². The second kappa shape index (κ2) is 71.1. The lowest BCUT2D eigenvalue weighted by Crippen LogP contribution is -2.45. The van der Waals surface area contributed by atoms with Gasteiger partial charge in [0.2, 0.25) is 5.91 Å². The maximum Gasteiger partial charge on any atom is 0.305 e. The van der Waals surface area contributed by atoms with Gasteiger partial charge in [-0.1, -0.05) is 379 Å². The normalized spacial score (nSPS) is 12.5. The molecule has 0 fully saturated rings. The van der Waals surface area contributed by atoms with E-state index in [9.17, 15) is 19.8 Å². The summed E-state index contributed by atoms with van der Waals surface area (Å²) in [4.78, 5) is 24.7. The molecule has 0 saturated heterocycles. The first-order chi connectivity index (χ1) is 40.0. The van der Waals surface area contributed by atoms with E-state index in [2.05, 4.69) is 31.3 Å². The van der Waals surface area contributed by atoms with Gasteiger partial charge in [-0.15, -0.1) is 0 Å². The minimum absolute atomic E-state index is 0.0204. The largest absolute Gasteiger partial charge is 0.466 e. The van der Waals surface area contributed by atoms with Crippen LogP contribution >= 0.6 is 0 Å². The molecule has 0 aromatic heterocycles. The van der Waals surface area contributed by atoms with Gasteiger partial charge in [-0.2, -0.15) is 0 Å². The Morgan fingerprint density at radius 1 is 0.333 bits per heavy atom. The van der Waals surface area contributed by atoms with Crippen LogP contribution in [0.25, 0.3) is 0 Å². The van der Waals surface area contributed by atoms with Crippen molar-refractivity contribution >= 4 is 11.9 Å². The van der Waals surface area contributed by atoms with E-state index in [1.807, 2.05) is 0 Å². The van der Waals surface area contributed by atoms with E-state index in [1.54, 1.807) is 0 Å². The molecule has 2 atom stereocenters. The van der Waals surface area contributed by atoms with E-state index in [0.717, 1.165) is 38.5 Å². The van der Waals surface area contributed by atoms with Crippen molar-refractivity contribution in [2.45, 2.75) is 443 Å². The minimum Gasteiger partial charge on any atom is -0.466 e. The highest BCUT2D eigenvalue weighted by molar-refractivity contribution is 5.76. The van der Waals surface area contributed by atoms with Crippen molar-refractivity contribution in [1.82, 2.24) is 5.32 Å². The molecule has 482 valence electrons. The van der Waals surface area contributed by atoms with Crippen molar-refractivity contribution in [3.63, 3.8) is 0 Å². The highest BCUT2D eigenvalue weighted by atomic mass is 16.5. The monoisotopic (exact) mass is 1140 g/mol. The van der Waals surface area contributed by atoms with Crippen LogP contribution in [-0.2, 0) is 14.3 Å². The molecule has 6 nitrogen and oxygen atoms in total. The Balaban J connectivity index is 3.36. The van der Waals surface area contributed by atoms with E-state index in [-0.39, 0.29) is 18.5 Å². The molecular formula is C75H147NO5. The number of hydrogen-bond donors (Lipinski definition) is 3. The van der Waals surface area contributed by atoms with Crippen molar-refractivity contribution < 1.29 is 24.5 Å². The Labute approximate surface area is 508 Å². The van der Waals surface area contributed by atoms with Crippen molar-refractivity contribution in [2.75, 3.05) is 13.2 Å². The van der Waals surface area contributed by atoms with Crippen molar-refractivity contribution in [3.8, 4) is 0 Å². The number of nitrogens with one attached hydrogen (secondary N) is 1. The first kappa shape index (κ1) is 79.6. The number of carbonyl (C=O) groups is 2. The van der Waals surface area contributed by atoms with Crippen molar-refractivity contribution in [3.05, 3.63) is 12.2 Å². The van der Waals surface area contributed by atoms with Gasteiger partial charge in [0.1, 0.15) is 0 Å². The SMILES string of the molecule is CCCCCCCCCCCCCCCCCCCCCCC(O)C(CO)NC(=O)CCCCCCCCCCCCC/C=C\CCCCCCCCCCCCCCOC(=O)CCCCCCCCCCCCCCCCCCC. The summed E-state index contributed by atoms with van der Waals surface area (Å²) < 4.78 is 5.51. The molecule has 0 saturated carbocycles. The molecular weight excluding hydrogens is 995 g/mol. The zero-order valence-electron chi connectivity index (χ0n) is 55.3. The standard InChI is InChI=1S/C75H147NO5/c1-3-5-7-9-11-13-15-17-19-21-22-32-36-39-43-47-51-55-59-63-67-73(78)72(71-77)76-74(79)68-64-60-56-52-48-44-40-37-33-30-28-26-24-23-25-27-29-31-34-38-42-46-50-54-58-62-66-70-81-75(80)69-65-61-57-53-49-45-41-35-20-18-16-14-12-10-8-6-4-2/h23-24,72-73,77-78H,3-22,25-71H2,1-2H3,(H,76,79)/b24-23-. The predicted octanol–water partition coefficient (Wildman–Crippen LogP) is 24.3. The van der Waals surface area contributed by atoms with Crippen LogP contribution in [0.2, 0.25) is 0 Å². The van der Waals surface area contributed by atoms with Crippen LogP contribution in [-0.4, -0.2) is 47.4 Å². The van der Waals surface area contributed by atoms with Crippen LogP contribution < -0.4 is 5.32 Å². The highest BCUT2D eigenvalue weighted by Crippen LogP contribution is 2.20. The summed E-state index contributed by atoms with van der Waals surface area (Å²) in [5.74, 6) is -0.0104. The fourth-order valence-corrected chi connectivity index (χ4v) is 12.1. The van der Waals surface area contributed by atoms with Gasteiger partial charge < -0.3 is 20.3 Å². The third-order valence-corrected chi connectivity index (χ3v) is 17.8. The number of carbonyl (C=O) groups excluding carboxylic acids is 2. The van der Waals surface area contributed by atoms with Crippen LogP contribution in [0.4, 0.5) is 0 Å². The molecule has 0 radical (unpaired) electrons. The Hall–Kier alpha value is -1.40. The number of rotatable bonds is 71. The zero-order valence-corrected chi connectivity index (χ0v) is 55.3. The van der Waals surface area contributed by atoms with E-state index in [1.165, 1.54) is 360 Å². The Kier molecular flexibility index (Phi) is 69.9. The van der Waals surface area contributed by atoms with Crippen molar-refractivity contribution in [1.29, 1.82) is 0 Å². The second-order valence-corrected chi connectivity index (χ2v) is 26.0. The average molecular weight is 1140 g/mol. The fraction of sp³-hybridized carbons (Fsp3) is 0.947. The lowest BCUT2D eigenvalue weighted by Gasteiger charge is -2.22. The topological polar surface area (TPSA) is 95.9 Å². The van der Waals surface area contributed by atoms with Crippen LogP contribution in [0.1, 0.15) is 431 Å². The predicted molar refractivity (Wildman–Crippen MR) is 357 cm³/mol. The molecule has 81 heavy (non-hydrogen) atoms. The molecule has 0 rings (SSSR count). The Morgan fingerprint density at radius 3 is 0.877 bits per heavy atom. The number of allylic oxidation sites excluding steroid dienone is 2. The lowest BCUT2D eigenvalue weighted by molar-refractivity contribution is -0.143. The quantitative estimate of drug-likeness (QED) is 0.0320. The number of ether oxygens (including phenoxy) is 1. The van der Waals surface area contributed by atoms with Gasteiger partial charge in [-0.3, -0.25) is 9.59 Å². The summed E-state index contributed by atoms with van der Waals surface area (Å²) >= 11 is 0. The smallest absolute Gasteiger partial charge is 0.305 e. The summed E-state index contributed by atoms with van der Waals surface area (Å²) in [5, 5.41) is 23.4. The van der Waals surface area contributed by atoms with E-state index >= 15 is 0 Å². The highest BCUT2D eigenvalue weighted by Gasteiger charge is 2.20. The summed E-state index contributed by atoms with van der Waals surface area (Å²) in [7, 11) is 0. The third-order valence-electron chi connectivity index (χ3n) is 17.8. The van der Waals surface area contributed by atoms with Gasteiger partial charge in [0.25, 0.3) is 0 Å². The maximum absolute atomic E-state index is 12.5. The Morgan fingerprint density at radius 2 is 0.580 bits per heavy atom. The van der Waals surface area contributed by atoms with Crippen LogP contribution in [0.5, 0.6) is 0 Å². The lowest BCUT2D eigenvalue weighted by atomic mass is 10.0. The molecule has 3 N–H and O–H groups in total. The molecule has 2 unspecified atom stereocenters. The summed E-state index contributed by atoms with van der Waals surface area (Å²) in [6, 6.07) is -0.542. The van der Waals surface area contributed by atoms with Gasteiger partial charge in [-0.25, -0.2) is 0 Å². The number of esters is 1. The number of aliphatic hydroxyl groups excluding tert-OH is 2. The van der Waals surface area contributed by atoms with E-state index in [0.29, 0.717) is 25.9 Å². The molecule has 0 aliphatic heterocycles. The van der Waals surface area contributed by atoms with Crippen LogP contribution in [0.3, 0.4) is 0 Å². The first-order valence-electron chi connectivity index (χ1n) is 37.4. The minimum atomic E-state index is -0.665. The Bertz CT molecular complexity index is 1220. The zero-order chi connectivity index (χ0) is 58.5. The van der Waals surface area contributed by atoms with Gasteiger partial charge in [0.15, 0.2) is 0 Å². The molecule has 6 heteroatoms. The van der Waals surface area contributed by atoms with E-state index in [4.69, 9.17) is 4.74 Å². The van der Waals surface area contributed by atoms with Gasteiger partial charge >= 0.3 is 5.97 Å². The molecule has 0 bridgehead atoms. The number of amides is 1. The molecule has 0 aromatic carbocycles. The molecule has 0 spiro atoms.